The van der Waals surface area contributed by atoms with Gasteiger partial charge in [-0.1, -0.05) is 96.3 Å². The number of rotatable bonds is 6. The molecule has 0 unspecified atom stereocenters. The molecule has 2 nitrogen and oxygen atoms in total. The average Bonchev–Trinajstić information content (AvgIpc) is 2.72. The van der Waals surface area contributed by atoms with Gasteiger partial charge in [-0.25, -0.2) is 0 Å². The highest BCUT2D eigenvalue weighted by Gasteiger charge is 2.11. The first kappa shape index (κ1) is 22.2. The van der Waals surface area contributed by atoms with E-state index in [2.05, 4.69) is 10.6 Å². The van der Waals surface area contributed by atoms with Crippen LogP contribution in [0.15, 0.2) is 0 Å². The summed E-state index contributed by atoms with van der Waals surface area (Å²) in [6.45, 7) is 3.49. The van der Waals surface area contributed by atoms with Crippen molar-refractivity contribution in [2.24, 2.45) is 11.8 Å². The van der Waals surface area contributed by atoms with Crippen LogP contribution in [0, 0.1) is 11.8 Å². The van der Waals surface area contributed by atoms with Gasteiger partial charge < -0.3 is 10.6 Å². The predicted octanol–water partition coefficient (Wildman–Crippen LogP) is 6.79. The van der Waals surface area contributed by atoms with Crippen LogP contribution in [0.2, 0.25) is 0 Å². The van der Waals surface area contributed by atoms with Crippen LogP contribution in [-0.2, 0) is 0 Å². The van der Waals surface area contributed by atoms with E-state index in [4.69, 9.17) is 0 Å². The van der Waals surface area contributed by atoms with Gasteiger partial charge >= 0.3 is 0 Å². The highest BCUT2D eigenvalue weighted by molar-refractivity contribution is 4.67. The van der Waals surface area contributed by atoms with E-state index < -0.39 is 0 Å². The molecule has 0 heterocycles. The molecule has 0 aromatic carbocycles. The standard InChI is InChI=1S/C24H48N2/c1-2-5-9-13-17-23(16-12-8-4-1)20-25-22-26-21-24-18-14-10-6-3-7-11-15-19-24/h23-26H,1-22H2. The van der Waals surface area contributed by atoms with Crippen LogP contribution in [-0.4, -0.2) is 19.8 Å². The first-order valence-corrected chi connectivity index (χ1v) is 12.4. The van der Waals surface area contributed by atoms with Crippen molar-refractivity contribution in [2.75, 3.05) is 19.8 Å². The lowest BCUT2D eigenvalue weighted by Crippen LogP contribution is -2.35. The smallest absolute Gasteiger partial charge is 0.0454 e. The Morgan fingerprint density at radius 2 is 0.654 bits per heavy atom. The van der Waals surface area contributed by atoms with Crippen LogP contribution in [0.1, 0.15) is 122 Å². The molecule has 0 amide bonds. The van der Waals surface area contributed by atoms with Crippen molar-refractivity contribution in [3.63, 3.8) is 0 Å². The Kier molecular flexibility index (Phi) is 13.6. The van der Waals surface area contributed by atoms with Crippen molar-refractivity contribution in [3.05, 3.63) is 0 Å². The molecule has 0 spiro atoms. The van der Waals surface area contributed by atoms with Gasteiger partial charge in [0.2, 0.25) is 0 Å². The number of hydrogen-bond acceptors (Lipinski definition) is 2. The maximum Gasteiger partial charge on any atom is 0.0454 e. The molecule has 2 heteroatoms. The van der Waals surface area contributed by atoms with E-state index in [0.717, 1.165) is 18.5 Å². The van der Waals surface area contributed by atoms with E-state index >= 15 is 0 Å². The highest BCUT2D eigenvalue weighted by atomic mass is 15.1. The summed E-state index contributed by atoms with van der Waals surface area (Å²) in [5.41, 5.74) is 0. The lowest BCUT2D eigenvalue weighted by Gasteiger charge is -2.21. The third-order valence-corrected chi connectivity index (χ3v) is 6.82. The summed E-state index contributed by atoms with van der Waals surface area (Å²) in [7, 11) is 0. The van der Waals surface area contributed by atoms with Crippen molar-refractivity contribution in [1.82, 2.24) is 10.6 Å². The average molecular weight is 365 g/mol. The SMILES string of the molecule is C1CCCCCC(CNCNCC2CCCCCCCCC2)CCCC1. The summed E-state index contributed by atoms with van der Waals surface area (Å²) in [6.07, 6.45) is 27.9. The van der Waals surface area contributed by atoms with Crippen molar-refractivity contribution in [3.8, 4) is 0 Å². The molecule has 2 N–H and O–H groups in total. The zero-order chi connectivity index (χ0) is 18.1. The maximum absolute atomic E-state index is 3.73. The third kappa shape index (κ3) is 11.6. The van der Waals surface area contributed by atoms with E-state index in [-0.39, 0.29) is 0 Å². The lowest BCUT2D eigenvalue weighted by molar-refractivity contribution is 0.351. The van der Waals surface area contributed by atoms with E-state index in [1.807, 2.05) is 0 Å². The van der Waals surface area contributed by atoms with E-state index in [1.165, 1.54) is 135 Å². The van der Waals surface area contributed by atoms with Gasteiger partial charge in [0.05, 0.1) is 0 Å². The van der Waals surface area contributed by atoms with Crippen LogP contribution >= 0.6 is 0 Å². The highest BCUT2D eigenvalue weighted by Crippen LogP contribution is 2.22. The maximum atomic E-state index is 3.73. The molecule has 2 aliphatic carbocycles. The molecule has 2 saturated carbocycles. The molecule has 2 aliphatic rings. The van der Waals surface area contributed by atoms with E-state index in [0.29, 0.717) is 0 Å². The second kappa shape index (κ2) is 15.9. The summed E-state index contributed by atoms with van der Waals surface area (Å²) in [5, 5.41) is 7.46. The second-order valence-corrected chi connectivity index (χ2v) is 9.28. The van der Waals surface area contributed by atoms with Gasteiger partial charge in [-0.05, 0) is 50.6 Å². The van der Waals surface area contributed by atoms with Gasteiger partial charge in [0.25, 0.3) is 0 Å². The van der Waals surface area contributed by atoms with Gasteiger partial charge in [-0.3, -0.25) is 0 Å². The van der Waals surface area contributed by atoms with Crippen molar-refractivity contribution in [1.29, 1.82) is 0 Å². The van der Waals surface area contributed by atoms with Gasteiger partial charge in [-0.15, -0.1) is 0 Å². The molecule has 0 aromatic rings. The lowest BCUT2D eigenvalue weighted by atomic mass is 9.92. The molecule has 0 atom stereocenters. The summed E-state index contributed by atoms with van der Waals surface area (Å²) in [5.74, 6) is 1.84. The van der Waals surface area contributed by atoms with Crippen molar-refractivity contribution in [2.45, 2.75) is 122 Å². The molecule has 2 fully saturated rings. The Bertz CT molecular complexity index is 283. The minimum absolute atomic E-state index is 0.920. The fraction of sp³-hybridized carbons (Fsp3) is 1.00. The van der Waals surface area contributed by atoms with Crippen molar-refractivity contribution < 1.29 is 0 Å². The zero-order valence-electron chi connectivity index (χ0n) is 17.7. The van der Waals surface area contributed by atoms with Gasteiger partial charge in [0.1, 0.15) is 0 Å². The third-order valence-electron chi connectivity index (χ3n) is 6.82. The minimum Gasteiger partial charge on any atom is -0.304 e. The van der Waals surface area contributed by atoms with Gasteiger partial charge in [-0.2, -0.15) is 0 Å². The van der Waals surface area contributed by atoms with Gasteiger partial charge in [0.15, 0.2) is 0 Å². The Balaban J connectivity index is 1.54. The molecule has 0 bridgehead atoms. The first-order valence-electron chi connectivity index (χ1n) is 12.4. The monoisotopic (exact) mass is 364 g/mol. The molecule has 0 aliphatic heterocycles. The first-order chi connectivity index (χ1) is 12.9. The fourth-order valence-corrected chi connectivity index (χ4v) is 5.01. The predicted molar refractivity (Wildman–Crippen MR) is 116 cm³/mol. The van der Waals surface area contributed by atoms with Crippen LogP contribution in [0.5, 0.6) is 0 Å². The molecule has 0 radical (unpaired) electrons. The molecule has 0 saturated heterocycles. The van der Waals surface area contributed by atoms with Crippen LogP contribution in [0.4, 0.5) is 0 Å². The fourth-order valence-electron chi connectivity index (χ4n) is 5.01. The molecule has 154 valence electrons. The Hall–Kier alpha value is -0.0800. The largest absolute Gasteiger partial charge is 0.304 e. The Morgan fingerprint density at radius 1 is 0.385 bits per heavy atom. The van der Waals surface area contributed by atoms with Crippen LogP contribution in [0.25, 0.3) is 0 Å². The summed E-state index contributed by atoms with van der Waals surface area (Å²) < 4.78 is 0. The Labute approximate surface area is 164 Å². The quantitative estimate of drug-likeness (QED) is 0.400. The number of nitrogens with one attached hydrogen (secondary N) is 2. The van der Waals surface area contributed by atoms with Crippen molar-refractivity contribution >= 4 is 0 Å². The van der Waals surface area contributed by atoms with Crippen LogP contribution in [0.3, 0.4) is 0 Å². The second-order valence-electron chi connectivity index (χ2n) is 9.28. The minimum atomic E-state index is 0.920. The number of hydrogen-bond donors (Lipinski definition) is 2. The molecule has 26 heavy (non-hydrogen) atoms. The van der Waals surface area contributed by atoms with E-state index in [1.54, 1.807) is 0 Å². The van der Waals surface area contributed by atoms with Crippen LogP contribution < -0.4 is 10.6 Å². The molecule has 0 aromatic heterocycles. The van der Waals surface area contributed by atoms with Gasteiger partial charge in [0, 0.05) is 6.67 Å². The summed E-state index contributed by atoms with van der Waals surface area (Å²) >= 11 is 0. The topological polar surface area (TPSA) is 24.1 Å². The normalized spacial score (nSPS) is 24.0. The molecule has 2 rings (SSSR count). The Morgan fingerprint density at radius 3 is 0.962 bits per heavy atom. The van der Waals surface area contributed by atoms with E-state index in [9.17, 15) is 0 Å². The summed E-state index contributed by atoms with van der Waals surface area (Å²) in [4.78, 5) is 0. The molecular weight excluding hydrogens is 316 g/mol. The molecular formula is C24H48N2. The summed E-state index contributed by atoms with van der Waals surface area (Å²) in [6, 6.07) is 0. The zero-order valence-corrected chi connectivity index (χ0v) is 17.7.